The van der Waals surface area contributed by atoms with Crippen molar-refractivity contribution in [2.45, 2.75) is 26.2 Å². The van der Waals surface area contributed by atoms with Crippen molar-refractivity contribution in [2.24, 2.45) is 5.92 Å². The number of benzene rings is 1. The van der Waals surface area contributed by atoms with E-state index in [1.54, 1.807) is 24.4 Å². The van der Waals surface area contributed by atoms with E-state index in [1.807, 2.05) is 11.0 Å². The van der Waals surface area contributed by atoms with Crippen molar-refractivity contribution in [1.82, 2.24) is 14.9 Å². The van der Waals surface area contributed by atoms with Gasteiger partial charge in [0.2, 0.25) is 5.95 Å². The molecule has 0 aliphatic carbocycles. The lowest BCUT2D eigenvalue weighted by molar-refractivity contribution is 0.0677. The fourth-order valence-electron chi connectivity index (χ4n) is 3.11. The molecule has 0 spiro atoms. The lowest BCUT2D eigenvalue weighted by Crippen LogP contribution is -2.39. The van der Waals surface area contributed by atoms with Crippen LogP contribution in [-0.2, 0) is 6.42 Å². The summed E-state index contributed by atoms with van der Waals surface area (Å²) in [7, 11) is 0. The molecule has 1 aromatic heterocycles. The fraction of sp³-hybridized carbons (Fsp3) is 0.421. The van der Waals surface area contributed by atoms with Crippen molar-refractivity contribution in [3.63, 3.8) is 0 Å². The summed E-state index contributed by atoms with van der Waals surface area (Å²) >= 11 is 0. The Hall–Kier alpha value is -2.50. The Morgan fingerprint density at radius 1 is 1.36 bits per heavy atom. The summed E-state index contributed by atoms with van der Waals surface area (Å²) in [5.74, 6) is 0.657. The van der Waals surface area contributed by atoms with Crippen molar-refractivity contribution >= 4 is 11.9 Å². The fourth-order valence-corrected chi connectivity index (χ4v) is 3.11. The summed E-state index contributed by atoms with van der Waals surface area (Å²) in [5.41, 5.74) is 1.04. The SMILES string of the molecule is CC1CCCN(C(=O)c2ccnc(NCCc3ccccc3F)n2)C1. The van der Waals surface area contributed by atoms with E-state index in [1.165, 1.54) is 6.07 Å². The predicted molar refractivity (Wildman–Crippen MR) is 94.9 cm³/mol. The first-order valence-electron chi connectivity index (χ1n) is 8.73. The van der Waals surface area contributed by atoms with Gasteiger partial charge in [0.1, 0.15) is 11.5 Å². The molecule has 1 saturated heterocycles. The number of amides is 1. The number of piperidine rings is 1. The molecule has 5 nitrogen and oxygen atoms in total. The number of halogens is 1. The van der Waals surface area contributed by atoms with Crippen LogP contribution < -0.4 is 5.32 Å². The summed E-state index contributed by atoms with van der Waals surface area (Å²) in [5, 5.41) is 3.07. The van der Waals surface area contributed by atoms with Crippen molar-refractivity contribution in [1.29, 1.82) is 0 Å². The minimum absolute atomic E-state index is 0.0499. The summed E-state index contributed by atoms with van der Waals surface area (Å²) in [6.07, 6.45) is 4.30. The predicted octanol–water partition coefficient (Wildman–Crippen LogP) is 3.14. The third kappa shape index (κ3) is 4.53. The van der Waals surface area contributed by atoms with Gasteiger partial charge in [0.05, 0.1) is 0 Å². The number of nitrogens with zero attached hydrogens (tertiary/aromatic N) is 3. The zero-order chi connectivity index (χ0) is 17.6. The highest BCUT2D eigenvalue weighted by Gasteiger charge is 2.23. The second kappa shape index (κ2) is 8.05. The van der Waals surface area contributed by atoms with Gasteiger partial charge in [-0.3, -0.25) is 4.79 Å². The van der Waals surface area contributed by atoms with Crippen molar-refractivity contribution < 1.29 is 9.18 Å². The first-order chi connectivity index (χ1) is 12.1. The molecule has 6 heteroatoms. The normalized spacial score (nSPS) is 17.4. The van der Waals surface area contributed by atoms with Gasteiger partial charge in [-0.2, -0.15) is 0 Å². The average Bonchev–Trinajstić information content (AvgIpc) is 2.63. The number of nitrogens with one attached hydrogen (secondary N) is 1. The Morgan fingerprint density at radius 2 is 2.20 bits per heavy atom. The highest BCUT2D eigenvalue weighted by molar-refractivity contribution is 5.92. The van der Waals surface area contributed by atoms with E-state index in [-0.39, 0.29) is 11.7 Å². The Morgan fingerprint density at radius 3 is 3.00 bits per heavy atom. The first kappa shape index (κ1) is 17.3. The van der Waals surface area contributed by atoms with Crippen LogP contribution in [-0.4, -0.2) is 40.4 Å². The van der Waals surface area contributed by atoms with E-state index in [9.17, 15) is 9.18 Å². The molecule has 1 atom stereocenters. The van der Waals surface area contributed by atoms with Gasteiger partial charge in [0.15, 0.2) is 0 Å². The van der Waals surface area contributed by atoms with Gasteiger partial charge in [-0.25, -0.2) is 14.4 Å². The second-order valence-corrected chi connectivity index (χ2v) is 6.53. The number of hydrogen-bond acceptors (Lipinski definition) is 4. The molecule has 132 valence electrons. The van der Waals surface area contributed by atoms with Crippen LogP contribution in [0.1, 0.15) is 35.8 Å². The molecule has 1 amide bonds. The van der Waals surface area contributed by atoms with Crippen molar-refractivity contribution in [2.75, 3.05) is 25.0 Å². The lowest BCUT2D eigenvalue weighted by atomic mass is 10.00. The highest BCUT2D eigenvalue weighted by atomic mass is 19.1. The van der Waals surface area contributed by atoms with Crippen LogP contribution in [0.5, 0.6) is 0 Å². The van der Waals surface area contributed by atoms with Crippen molar-refractivity contribution in [3.05, 3.63) is 53.6 Å². The van der Waals surface area contributed by atoms with Crippen LogP contribution in [0.15, 0.2) is 36.5 Å². The Bertz CT molecular complexity index is 737. The molecule has 1 aliphatic heterocycles. The highest BCUT2D eigenvalue weighted by Crippen LogP contribution is 2.17. The Balaban J connectivity index is 1.59. The van der Waals surface area contributed by atoms with Gasteiger partial charge in [0, 0.05) is 25.8 Å². The second-order valence-electron chi connectivity index (χ2n) is 6.53. The number of likely N-dealkylation sites (tertiary alicyclic amines) is 1. The van der Waals surface area contributed by atoms with Crippen LogP contribution in [0.2, 0.25) is 0 Å². The number of aromatic nitrogens is 2. The van der Waals surface area contributed by atoms with Crippen LogP contribution in [0.25, 0.3) is 0 Å². The summed E-state index contributed by atoms with van der Waals surface area (Å²) in [6, 6.07) is 8.34. The molecule has 1 aromatic carbocycles. The van der Waals surface area contributed by atoms with E-state index in [2.05, 4.69) is 22.2 Å². The molecule has 2 heterocycles. The van der Waals surface area contributed by atoms with Gasteiger partial charge in [-0.05, 0) is 42.9 Å². The van der Waals surface area contributed by atoms with Crippen LogP contribution >= 0.6 is 0 Å². The lowest BCUT2D eigenvalue weighted by Gasteiger charge is -2.30. The molecule has 1 fully saturated rings. The van der Waals surface area contributed by atoms with Crippen LogP contribution in [0, 0.1) is 11.7 Å². The number of carbonyl (C=O) groups excluding carboxylic acids is 1. The number of hydrogen-bond donors (Lipinski definition) is 1. The molecule has 0 bridgehead atoms. The molecule has 25 heavy (non-hydrogen) atoms. The standard InChI is InChI=1S/C19H23FN4O/c1-14-5-4-12-24(13-14)18(25)17-9-11-22-19(23-17)21-10-8-15-6-2-3-7-16(15)20/h2-3,6-7,9,11,14H,4-5,8,10,12-13H2,1H3,(H,21,22,23). The summed E-state index contributed by atoms with van der Waals surface area (Å²) in [4.78, 5) is 22.9. The molecular formula is C19H23FN4O. The third-order valence-electron chi connectivity index (χ3n) is 4.45. The van der Waals surface area contributed by atoms with E-state index in [0.29, 0.717) is 36.1 Å². The van der Waals surface area contributed by atoms with E-state index < -0.39 is 0 Å². The van der Waals surface area contributed by atoms with Gasteiger partial charge >= 0.3 is 0 Å². The molecule has 1 N–H and O–H groups in total. The molecule has 0 saturated carbocycles. The minimum atomic E-state index is -0.214. The van der Waals surface area contributed by atoms with Gasteiger partial charge < -0.3 is 10.2 Å². The smallest absolute Gasteiger partial charge is 0.272 e. The maximum Gasteiger partial charge on any atom is 0.272 e. The summed E-state index contributed by atoms with van der Waals surface area (Å²) < 4.78 is 13.6. The quantitative estimate of drug-likeness (QED) is 0.907. The third-order valence-corrected chi connectivity index (χ3v) is 4.45. The zero-order valence-electron chi connectivity index (χ0n) is 14.4. The van der Waals surface area contributed by atoms with Gasteiger partial charge in [-0.1, -0.05) is 25.1 Å². The molecule has 0 radical (unpaired) electrons. The average molecular weight is 342 g/mol. The molecule has 1 aliphatic rings. The van der Waals surface area contributed by atoms with Crippen molar-refractivity contribution in [3.8, 4) is 0 Å². The van der Waals surface area contributed by atoms with E-state index >= 15 is 0 Å². The minimum Gasteiger partial charge on any atom is -0.354 e. The first-order valence-corrected chi connectivity index (χ1v) is 8.73. The van der Waals surface area contributed by atoms with E-state index in [4.69, 9.17) is 0 Å². The maximum absolute atomic E-state index is 13.6. The number of carbonyl (C=O) groups is 1. The molecule has 2 aromatic rings. The van der Waals surface area contributed by atoms with Crippen LogP contribution in [0.4, 0.5) is 10.3 Å². The van der Waals surface area contributed by atoms with Crippen LogP contribution in [0.3, 0.4) is 0 Å². The Kier molecular flexibility index (Phi) is 5.58. The summed E-state index contributed by atoms with van der Waals surface area (Å²) in [6.45, 7) is 4.22. The zero-order valence-corrected chi connectivity index (χ0v) is 14.4. The molecule has 3 rings (SSSR count). The van der Waals surface area contributed by atoms with Gasteiger partial charge in [0.25, 0.3) is 5.91 Å². The molecule has 1 unspecified atom stereocenters. The maximum atomic E-state index is 13.6. The van der Waals surface area contributed by atoms with E-state index in [0.717, 1.165) is 25.9 Å². The Labute approximate surface area is 147 Å². The largest absolute Gasteiger partial charge is 0.354 e. The monoisotopic (exact) mass is 342 g/mol. The van der Waals surface area contributed by atoms with Gasteiger partial charge in [-0.15, -0.1) is 0 Å². The number of rotatable bonds is 5. The molecular weight excluding hydrogens is 319 g/mol. The topological polar surface area (TPSA) is 58.1 Å². The number of anilines is 1.